The van der Waals surface area contributed by atoms with Gasteiger partial charge in [0.1, 0.15) is 0 Å². The lowest BCUT2D eigenvalue weighted by atomic mass is 10.0. The number of carbonyl (C=O) groups is 1. The molecule has 2 aromatic rings. The molecule has 0 bridgehead atoms. The molecular weight excluding hydrogens is 276 g/mol. The third-order valence-corrected chi connectivity index (χ3v) is 4.00. The van der Waals surface area contributed by atoms with Gasteiger partial charge in [-0.2, -0.15) is 5.10 Å². The molecule has 3 N–H and O–H groups in total. The molecule has 1 amide bonds. The van der Waals surface area contributed by atoms with Gasteiger partial charge in [-0.1, -0.05) is 29.3 Å². The summed E-state index contributed by atoms with van der Waals surface area (Å²) in [6.45, 7) is 6.46. The smallest absolute Gasteiger partial charge is 0.272 e. The molecule has 0 aliphatic carbocycles. The van der Waals surface area contributed by atoms with Crippen LogP contribution in [-0.4, -0.2) is 29.2 Å². The summed E-state index contributed by atoms with van der Waals surface area (Å²) in [7, 11) is 0. The van der Waals surface area contributed by atoms with Crippen molar-refractivity contribution in [3.05, 3.63) is 51.8 Å². The SMILES string of the molecule is Cc1cc(C)cc(CCNC(=O)c2n[nH]c3c2CNCC3)c1. The molecule has 1 aromatic carbocycles. The van der Waals surface area contributed by atoms with E-state index in [4.69, 9.17) is 0 Å². The average Bonchev–Trinajstić information content (AvgIpc) is 2.90. The van der Waals surface area contributed by atoms with Gasteiger partial charge < -0.3 is 10.6 Å². The van der Waals surface area contributed by atoms with Crippen LogP contribution in [0, 0.1) is 13.8 Å². The molecule has 0 saturated carbocycles. The van der Waals surface area contributed by atoms with Gasteiger partial charge in [0.05, 0.1) is 0 Å². The summed E-state index contributed by atoms with van der Waals surface area (Å²) in [5.74, 6) is -0.0921. The highest BCUT2D eigenvalue weighted by Gasteiger charge is 2.21. The molecule has 0 radical (unpaired) electrons. The summed E-state index contributed by atoms with van der Waals surface area (Å²) in [5.41, 5.74) is 6.39. The first-order valence-corrected chi connectivity index (χ1v) is 7.75. The first-order valence-electron chi connectivity index (χ1n) is 7.75. The van der Waals surface area contributed by atoms with E-state index in [2.05, 4.69) is 52.9 Å². The number of fused-ring (bicyclic) bond motifs is 1. The summed E-state index contributed by atoms with van der Waals surface area (Å²) in [6.07, 6.45) is 1.73. The topological polar surface area (TPSA) is 69.8 Å². The highest BCUT2D eigenvalue weighted by molar-refractivity contribution is 5.94. The molecule has 1 aromatic heterocycles. The Balaban J connectivity index is 1.59. The van der Waals surface area contributed by atoms with Gasteiger partial charge in [-0.15, -0.1) is 0 Å². The summed E-state index contributed by atoms with van der Waals surface area (Å²) in [5, 5.41) is 13.4. The number of nitrogens with zero attached hydrogens (tertiary/aromatic N) is 1. The fraction of sp³-hybridized carbons (Fsp3) is 0.412. The van der Waals surface area contributed by atoms with Crippen molar-refractivity contribution in [2.75, 3.05) is 13.1 Å². The minimum absolute atomic E-state index is 0.0921. The Kier molecular flexibility index (Phi) is 4.24. The fourth-order valence-electron chi connectivity index (χ4n) is 3.03. The Morgan fingerprint density at radius 1 is 1.27 bits per heavy atom. The van der Waals surface area contributed by atoms with E-state index < -0.39 is 0 Å². The van der Waals surface area contributed by atoms with Crippen molar-refractivity contribution in [1.29, 1.82) is 0 Å². The number of aryl methyl sites for hydroxylation is 2. The average molecular weight is 298 g/mol. The third kappa shape index (κ3) is 3.20. The summed E-state index contributed by atoms with van der Waals surface area (Å²) in [6, 6.07) is 6.49. The van der Waals surface area contributed by atoms with Crippen molar-refractivity contribution in [2.24, 2.45) is 0 Å². The fourth-order valence-corrected chi connectivity index (χ4v) is 3.03. The molecule has 3 rings (SSSR count). The molecule has 0 spiro atoms. The Bertz CT molecular complexity index is 670. The Morgan fingerprint density at radius 3 is 2.82 bits per heavy atom. The number of nitrogens with one attached hydrogen (secondary N) is 3. The van der Waals surface area contributed by atoms with Gasteiger partial charge in [0.2, 0.25) is 0 Å². The van der Waals surface area contributed by atoms with Crippen LogP contribution in [0.2, 0.25) is 0 Å². The number of aromatic nitrogens is 2. The van der Waals surface area contributed by atoms with Crippen molar-refractivity contribution in [1.82, 2.24) is 20.8 Å². The molecule has 0 unspecified atom stereocenters. The zero-order chi connectivity index (χ0) is 15.5. The van der Waals surface area contributed by atoms with E-state index in [0.29, 0.717) is 18.8 Å². The predicted molar refractivity (Wildman–Crippen MR) is 86.0 cm³/mol. The molecule has 1 aliphatic heterocycles. The van der Waals surface area contributed by atoms with Gasteiger partial charge in [-0.05, 0) is 25.8 Å². The van der Waals surface area contributed by atoms with Crippen molar-refractivity contribution in [2.45, 2.75) is 33.2 Å². The van der Waals surface area contributed by atoms with E-state index in [1.54, 1.807) is 0 Å². The minimum atomic E-state index is -0.0921. The van der Waals surface area contributed by atoms with E-state index in [0.717, 1.165) is 30.6 Å². The number of aromatic amines is 1. The maximum Gasteiger partial charge on any atom is 0.272 e. The van der Waals surface area contributed by atoms with Gasteiger partial charge in [-0.3, -0.25) is 9.89 Å². The Hall–Kier alpha value is -2.14. The van der Waals surface area contributed by atoms with Crippen LogP contribution in [0.1, 0.15) is 38.4 Å². The molecule has 2 heterocycles. The van der Waals surface area contributed by atoms with Gasteiger partial charge in [0.15, 0.2) is 5.69 Å². The standard InChI is InChI=1S/C17H22N4O/c1-11-7-12(2)9-13(8-11)3-6-19-17(22)16-14-10-18-5-4-15(14)20-21-16/h7-9,18H,3-6,10H2,1-2H3,(H,19,22)(H,20,21). The third-order valence-electron chi connectivity index (χ3n) is 4.00. The quantitative estimate of drug-likeness (QED) is 0.804. The van der Waals surface area contributed by atoms with Crippen LogP contribution in [-0.2, 0) is 19.4 Å². The number of hydrogen-bond acceptors (Lipinski definition) is 3. The Labute approximate surface area is 130 Å². The molecule has 116 valence electrons. The second kappa shape index (κ2) is 6.32. The van der Waals surface area contributed by atoms with Gasteiger partial charge in [0, 0.05) is 37.3 Å². The van der Waals surface area contributed by atoms with Crippen LogP contribution in [0.25, 0.3) is 0 Å². The summed E-state index contributed by atoms with van der Waals surface area (Å²) in [4.78, 5) is 12.3. The largest absolute Gasteiger partial charge is 0.350 e. The highest BCUT2D eigenvalue weighted by Crippen LogP contribution is 2.15. The summed E-state index contributed by atoms with van der Waals surface area (Å²) >= 11 is 0. The number of benzene rings is 1. The van der Waals surface area contributed by atoms with Crippen LogP contribution < -0.4 is 10.6 Å². The minimum Gasteiger partial charge on any atom is -0.350 e. The van der Waals surface area contributed by atoms with E-state index in [1.807, 2.05) is 0 Å². The lowest BCUT2D eigenvalue weighted by Crippen LogP contribution is -2.29. The first-order chi connectivity index (χ1) is 10.6. The normalized spacial score (nSPS) is 13.7. The van der Waals surface area contributed by atoms with E-state index in [9.17, 15) is 4.79 Å². The maximum absolute atomic E-state index is 12.3. The zero-order valence-electron chi connectivity index (χ0n) is 13.1. The maximum atomic E-state index is 12.3. The van der Waals surface area contributed by atoms with Crippen molar-refractivity contribution in [3.8, 4) is 0 Å². The van der Waals surface area contributed by atoms with Crippen LogP contribution in [0.4, 0.5) is 0 Å². The lowest BCUT2D eigenvalue weighted by molar-refractivity contribution is 0.0948. The second-order valence-corrected chi connectivity index (χ2v) is 5.96. The first kappa shape index (κ1) is 14.8. The number of rotatable bonds is 4. The van der Waals surface area contributed by atoms with E-state index >= 15 is 0 Å². The molecule has 0 fully saturated rings. The molecule has 5 nitrogen and oxygen atoms in total. The molecule has 5 heteroatoms. The lowest BCUT2D eigenvalue weighted by Gasteiger charge is -2.13. The van der Waals surface area contributed by atoms with Gasteiger partial charge in [-0.25, -0.2) is 0 Å². The number of amides is 1. The van der Waals surface area contributed by atoms with E-state index in [1.165, 1.54) is 16.7 Å². The number of hydrogen-bond donors (Lipinski definition) is 3. The summed E-state index contributed by atoms with van der Waals surface area (Å²) < 4.78 is 0. The van der Waals surface area contributed by atoms with Crippen molar-refractivity contribution < 1.29 is 4.79 Å². The Morgan fingerprint density at radius 2 is 2.05 bits per heavy atom. The zero-order valence-corrected chi connectivity index (χ0v) is 13.1. The molecule has 22 heavy (non-hydrogen) atoms. The van der Waals surface area contributed by atoms with Crippen molar-refractivity contribution in [3.63, 3.8) is 0 Å². The predicted octanol–water partition coefficient (Wildman–Crippen LogP) is 1.64. The number of H-pyrrole nitrogens is 1. The molecule has 0 saturated heterocycles. The highest BCUT2D eigenvalue weighted by atomic mass is 16.1. The van der Waals surface area contributed by atoms with Crippen LogP contribution in [0.15, 0.2) is 18.2 Å². The molecule has 1 aliphatic rings. The van der Waals surface area contributed by atoms with Gasteiger partial charge >= 0.3 is 0 Å². The monoisotopic (exact) mass is 298 g/mol. The van der Waals surface area contributed by atoms with Crippen LogP contribution >= 0.6 is 0 Å². The van der Waals surface area contributed by atoms with Crippen LogP contribution in [0.3, 0.4) is 0 Å². The van der Waals surface area contributed by atoms with Gasteiger partial charge in [0.25, 0.3) is 5.91 Å². The van der Waals surface area contributed by atoms with Crippen LogP contribution in [0.5, 0.6) is 0 Å². The number of carbonyl (C=O) groups excluding carboxylic acids is 1. The second-order valence-electron chi connectivity index (χ2n) is 5.96. The molecule has 0 atom stereocenters. The van der Waals surface area contributed by atoms with Crippen molar-refractivity contribution >= 4 is 5.91 Å². The molecular formula is C17H22N4O. The van der Waals surface area contributed by atoms with E-state index in [-0.39, 0.29) is 5.91 Å².